The summed E-state index contributed by atoms with van der Waals surface area (Å²) in [5.41, 5.74) is 0.177. The molecule has 2 heteroatoms. The highest BCUT2D eigenvalue weighted by molar-refractivity contribution is 6.35. The van der Waals surface area contributed by atoms with Crippen LogP contribution in [0.5, 0.6) is 0 Å². The van der Waals surface area contributed by atoms with Crippen LogP contribution in [0.25, 0.3) is 0 Å². The summed E-state index contributed by atoms with van der Waals surface area (Å²) in [5, 5.41) is 0. The fourth-order valence-electron chi connectivity index (χ4n) is 4.87. The molecule has 0 amide bonds. The largest absolute Gasteiger partial charge is 0.380 e. The van der Waals surface area contributed by atoms with E-state index in [1.165, 1.54) is 19.3 Å². The minimum absolute atomic E-state index is 0.177. The van der Waals surface area contributed by atoms with Crippen molar-refractivity contribution < 1.29 is 4.74 Å². The minimum atomic E-state index is 0.177. The van der Waals surface area contributed by atoms with Gasteiger partial charge in [-0.3, -0.25) is 0 Å². The molecule has 2 fully saturated rings. The molecular weight excluding hydrogens is 219 g/mol. The highest BCUT2D eigenvalue weighted by atomic mass is 16.5. The second-order valence-corrected chi connectivity index (χ2v) is 7.44. The third-order valence-corrected chi connectivity index (χ3v) is 5.25. The molecule has 0 spiro atoms. The Morgan fingerprint density at radius 3 is 2.44 bits per heavy atom. The van der Waals surface area contributed by atoms with Crippen LogP contribution in [-0.2, 0) is 4.74 Å². The summed E-state index contributed by atoms with van der Waals surface area (Å²) in [6.45, 7) is 14.1. The fraction of sp³-hybridized carbons (Fsp3) is 1.00. The summed E-state index contributed by atoms with van der Waals surface area (Å²) in [7, 11) is 2.31. The van der Waals surface area contributed by atoms with Crippen molar-refractivity contribution in [1.82, 2.24) is 0 Å². The average Bonchev–Trinajstić information content (AvgIpc) is 2.53. The highest BCUT2D eigenvalue weighted by Gasteiger charge is 2.58. The molecule has 2 bridgehead atoms. The molecule has 1 nitrogen and oxygen atoms in total. The van der Waals surface area contributed by atoms with Gasteiger partial charge in [-0.25, -0.2) is 0 Å². The van der Waals surface area contributed by atoms with Crippen LogP contribution in [-0.4, -0.2) is 18.9 Å². The lowest BCUT2D eigenvalue weighted by Crippen LogP contribution is -2.46. The topological polar surface area (TPSA) is 9.23 Å². The standard InChI is InChI=1S/C16H30BO/c1-10(2)9-16-8-7-12(5)13(14(16)11(3)4)15(17-6)18-16/h10-15H,7-9H2,1-6H3. The first kappa shape index (κ1) is 14.4. The number of rotatable bonds is 4. The SMILES string of the molecule is C[B]C1OC2(CC(C)C)CCC(C)C1C2C(C)C. The Hall–Kier alpha value is 0.0249. The lowest BCUT2D eigenvalue weighted by atomic mass is 9.55. The normalized spacial score (nSPS) is 43.8. The van der Waals surface area contributed by atoms with Crippen LogP contribution in [0.2, 0.25) is 6.82 Å². The molecule has 0 aromatic rings. The Morgan fingerprint density at radius 1 is 1.28 bits per heavy atom. The van der Waals surface area contributed by atoms with Gasteiger partial charge < -0.3 is 4.74 Å². The summed E-state index contributed by atoms with van der Waals surface area (Å²) in [6.07, 6.45) is 3.87. The molecule has 1 aliphatic heterocycles. The summed E-state index contributed by atoms with van der Waals surface area (Å²) < 4.78 is 6.62. The molecule has 103 valence electrons. The second-order valence-electron chi connectivity index (χ2n) is 7.44. The van der Waals surface area contributed by atoms with Gasteiger partial charge >= 0.3 is 0 Å². The van der Waals surface area contributed by atoms with Crippen molar-refractivity contribution in [3.05, 3.63) is 0 Å². The van der Waals surface area contributed by atoms with Gasteiger partial charge in [0, 0.05) is 6.00 Å². The summed E-state index contributed by atoms with van der Waals surface area (Å²) >= 11 is 0. The van der Waals surface area contributed by atoms with Gasteiger partial charge in [0.05, 0.1) is 5.60 Å². The Labute approximate surface area is 114 Å². The predicted octanol–water partition coefficient (Wildman–Crippen LogP) is 4.20. The molecule has 1 heterocycles. The molecule has 0 aromatic carbocycles. The van der Waals surface area contributed by atoms with Crippen molar-refractivity contribution in [3.8, 4) is 0 Å². The van der Waals surface area contributed by atoms with E-state index in [1.54, 1.807) is 0 Å². The van der Waals surface area contributed by atoms with E-state index in [0.717, 1.165) is 29.6 Å². The third kappa shape index (κ3) is 2.26. The quantitative estimate of drug-likeness (QED) is 0.678. The van der Waals surface area contributed by atoms with E-state index >= 15 is 0 Å². The van der Waals surface area contributed by atoms with E-state index in [1.807, 2.05) is 0 Å². The van der Waals surface area contributed by atoms with Gasteiger partial charge in [-0.05, 0) is 48.9 Å². The minimum Gasteiger partial charge on any atom is -0.380 e. The highest BCUT2D eigenvalue weighted by Crippen LogP contribution is 2.57. The van der Waals surface area contributed by atoms with Crippen molar-refractivity contribution in [2.75, 3.05) is 0 Å². The maximum Gasteiger partial charge on any atom is 0.146 e. The van der Waals surface area contributed by atoms with Gasteiger partial charge in [-0.15, -0.1) is 0 Å². The van der Waals surface area contributed by atoms with Crippen LogP contribution in [0.3, 0.4) is 0 Å². The zero-order chi connectivity index (χ0) is 13.5. The Balaban J connectivity index is 2.32. The van der Waals surface area contributed by atoms with Crippen LogP contribution in [0.15, 0.2) is 0 Å². The number of hydrogen-bond donors (Lipinski definition) is 0. The molecule has 5 atom stereocenters. The van der Waals surface area contributed by atoms with Crippen LogP contribution < -0.4 is 0 Å². The predicted molar refractivity (Wildman–Crippen MR) is 78.9 cm³/mol. The maximum atomic E-state index is 6.62. The van der Waals surface area contributed by atoms with Gasteiger partial charge in [0.2, 0.25) is 0 Å². The molecular formula is C16H30BO. The zero-order valence-corrected chi connectivity index (χ0v) is 13.1. The van der Waals surface area contributed by atoms with E-state index < -0.39 is 0 Å². The van der Waals surface area contributed by atoms with Gasteiger partial charge in [-0.2, -0.15) is 0 Å². The molecule has 1 aliphatic carbocycles. The van der Waals surface area contributed by atoms with E-state index in [9.17, 15) is 0 Å². The number of fused-ring (bicyclic) bond motifs is 2. The van der Waals surface area contributed by atoms with Gasteiger partial charge in [-0.1, -0.05) is 41.4 Å². The van der Waals surface area contributed by atoms with E-state index in [2.05, 4.69) is 48.7 Å². The molecule has 18 heavy (non-hydrogen) atoms. The first-order chi connectivity index (χ1) is 8.41. The molecule has 0 N–H and O–H groups in total. The first-order valence-electron chi connectivity index (χ1n) is 7.88. The van der Waals surface area contributed by atoms with Crippen molar-refractivity contribution in [2.24, 2.45) is 29.6 Å². The average molecular weight is 249 g/mol. The summed E-state index contributed by atoms with van der Waals surface area (Å²) in [4.78, 5) is 0. The molecule has 1 saturated heterocycles. The first-order valence-corrected chi connectivity index (χ1v) is 7.88. The Morgan fingerprint density at radius 2 is 1.94 bits per heavy atom. The van der Waals surface area contributed by atoms with Crippen molar-refractivity contribution in [2.45, 2.75) is 72.3 Å². The number of hydrogen-bond acceptors (Lipinski definition) is 1. The Kier molecular flexibility index (Phi) is 4.16. The van der Waals surface area contributed by atoms with Gasteiger partial charge in [0.25, 0.3) is 0 Å². The third-order valence-electron chi connectivity index (χ3n) is 5.25. The van der Waals surface area contributed by atoms with Crippen LogP contribution in [0.1, 0.15) is 53.9 Å². The van der Waals surface area contributed by atoms with Gasteiger partial charge in [0.1, 0.15) is 7.28 Å². The number of ether oxygens (including phenoxy) is 1. The van der Waals surface area contributed by atoms with Crippen molar-refractivity contribution >= 4 is 7.28 Å². The lowest BCUT2D eigenvalue weighted by molar-refractivity contribution is -0.0720. The zero-order valence-electron chi connectivity index (χ0n) is 13.1. The van der Waals surface area contributed by atoms with E-state index in [4.69, 9.17) is 4.74 Å². The molecule has 1 radical (unpaired) electrons. The fourth-order valence-corrected chi connectivity index (χ4v) is 4.87. The van der Waals surface area contributed by atoms with E-state index in [0.29, 0.717) is 6.00 Å². The lowest BCUT2D eigenvalue weighted by Gasteiger charge is -2.45. The van der Waals surface area contributed by atoms with Crippen LogP contribution in [0.4, 0.5) is 0 Å². The van der Waals surface area contributed by atoms with Crippen molar-refractivity contribution in [3.63, 3.8) is 0 Å². The molecule has 5 unspecified atom stereocenters. The molecule has 1 saturated carbocycles. The summed E-state index contributed by atoms with van der Waals surface area (Å²) in [5.74, 6) is 3.80. The van der Waals surface area contributed by atoms with Gasteiger partial charge in [0.15, 0.2) is 0 Å². The van der Waals surface area contributed by atoms with Crippen LogP contribution >= 0.6 is 0 Å². The Bertz CT molecular complexity index is 289. The molecule has 2 rings (SSSR count). The smallest absolute Gasteiger partial charge is 0.146 e. The molecule has 0 aromatic heterocycles. The second kappa shape index (κ2) is 5.19. The maximum absolute atomic E-state index is 6.62. The monoisotopic (exact) mass is 249 g/mol. The van der Waals surface area contributed by atoms with Crippen molar-refractivity contribution in [1.29, 1.82) is 0 Å². The van der Waals surface area contributed by atoms with E-state index in [-0.39, 0.29) is 5.60 Å². The molecule has 2 aliphatic rings. The van der Waals surface area contributed by atoms with Crippen LogP contribution in [0, 0.1) is 29.6 Å². The summed E-state index contributed by atoms with van der Waals surface area (Å²) in [6, 6.07) is 0.397.